The lowest BCUT2D eigenvalue weighted by atomic mass is 9.75. The summed E-state index contributed by atoms with van der Waals surface area (Å²) in [5, 5.41) is 0.587. The number of aliphatic imine (C=N–C) groups is 1. The Labute approximate surface area is 232 Å². The summed E-state index contributed by atoms with van der Waals surface area (Å²) in [6, 6.07) is 15.2. The number of nitrogens with zero attached hydrogens (tertiary/aromatic N) is 1. The maximum Gasteiger partial charge on any atom is 0.337 e. The molecule has 0 radical (unpaired) electrons. The molecule has 0 fully saturated rings. The number of ether oxygens (including phenoxy) is 2. The average molecular weight is 561 g/mol. The molecule has 0 amide bonds. The molecule has 2 atom stereocenters. The van der Waals surface area contributed by atoms with Crippen LogP contribution in [0.1, 0.15) is 44.7 Å². The first-order valence-corrected chi connectivity index (χ1v) is 13.8. The Morgan fingerprint density at radius 1 is 1.08 bits per heavy atom. The highest BCUT2D eigenvalue weighted by molar-refractivity contribution is 7.98. The van der Waals surface area contributed by atoms with Crippen LogP contribution in [0.4, 0.5) is 0 Å². The number of carbonyl (C=O) groups is 2. The summed E-state index contributed by atoms with van der Waals surface area (Å²) in [5.74, 6) is -1.59. The zero-order valence-electron chi connectivity index (χ0n) is 21.4. The van der Waals surface area contributed by atoms with Gasteiger partial charge in [-0.3, -0.25) is 9.79 Å². The van der Waals surface area contributed by atoms with Crippen LogP contribution < -0.4 is 0 Å². The van der Waals surface area contributed by atoms with Crippen LogP contribution in [0, 0.1) is 5.92 Å². The van der Waals surface area contributed by atoms with Gasteiger partial charge in [0.1, 0.15) is 18.1 Å². The van der Waals surface area contributed by atoms with Crippen LogP contribution in [0.3, 0.4) is 0 Å². The smallest absolute Gasteiger partial charge is 0.337 e. The summed E-state index contributed by atoms with van der Waals surface area (Å²) in [7, 11) is 0. The van der Waals surface area contributed by atoms with Crippen molar-refractivity contribution in [3.63, 3.8) is 0 Å². The van der Waals surface area contributed by atoms with Crippen LogP contribution in [0.2, 0.25) is 10.0 Å². The normalized spacial score (nSPS) is 17.7. The van der Waals surface area contributed by atoms with Crippen molar-refractivity contribution in [1.29, 1.82) is 0 Å². The SMILES string of the molecule is C=CCOC(=O)C1C(C)=NC(CSCc2ccccc2)=C(C(=O)OC(C)(C)C)C1c1cccc(Cl)c1Cl. The second-order valence-electron chi connectivity index (χ2n) is 9.61. The number of rotatable bonds is 9. The second kappa shape index (κ2) is 12.8. The number of esters is 2. The largest absolute Gasteiger partial charge is 0.461 e. The van der Waals surface area contributed by atoms with Crippen molar-refractivity contribution in [2.24, 2.45) is 10.9 Å². The van der Waals surface area contributed by atoms with E-state index in [1.54, 1.807) is 57.7 Å². The minimum absolute atomic E-state index is 0.0316. The molecule has 2 aromatic carbocycles. The van der Waals surface area contributed by atoms with Crippen molar-refractivity contribution >= 4 is 52.6 Å². The van der Waals surface area contributed by atoms with Crippen LogP contribution >= 0.6 is 35.0 Å². The first-order valence-electron chi connectivity index (χ1n) is 11.9. The number of carbonyl (C=O) groups excluding carboxylic acids is 2. The predicted molar refractivity (Wildman–Crippen MR) is 152 cm³/mol. The van der Waals surface area contributed by atoms with E-state index in [2.05, 4.69) is 6.58 Å². The molecule has 0 bridgehead atoms. The highest BCUT2D eigenvalue weighted by Crippen LogP contribution is 2.45. The zero-order valence-corrected chi connectivity index (χ0v) is 23.8. The molecule has 37 heavy (non-hydrogen) atoms. The molecule has 1 aliphatic heterocycles. The molecule has 0 N–H and O–H groups in total. The van der Waals surface area contributed by atoms with E-state index in [1.165, 1.54) is 6.08 Å². The molecule has 2 aromatic rings. The molecule has 0 spiro atoms. The maximum absolute atomic E-state index is 13.7. The van der Waals surface area contributed by atoms with Gasteiger partial charge in [0, 0.05) is 23.1 Å². The molecule has 3 rings (SSSR count). The van der Waals surface area contributed by atoms with Crippen LogP contribution in [0.15, 0.2) is 77.4 Å². The Bertz CT molecular complexity index is 1220. The summed E-state index contributed by atoms with van der Waals surface area (Å²) < 4.78 is 11.3. The third kappa shape index (κ3) is 7.50. The minimum Gasteiger partial charge on any atom is -0.461 e. The van der Waals surface area contributed by atoms with Gasteiger partial charge in [-0.15, -0.1) is 0 Å². The van der Waals surface area contributed by atoms with Crippen molar-refractivity contribution in [2.45, 2.75) is 45.0 Å². The first kappa shape index (κ1) is 29.0. The Balaban J connectivity index is 2.14. The fraction of sp³-hybridized carbons (Fsp3) is 0.345. The van der Waals surface area contributed by atoms with E-state index < -0.39 is 29.4 Å². The molecule has 8 heteroatoms. The fourth-order valence-corrected chi connectivity index (χ4v) is 5.46. The molecule has 5 nitrogen and oxygen atoms in total. The quantitative estimate of drug-likeness (QED) is 0.236. The van der Waals surface area contributed by atoms with Crippen molar-refractivity contribution in [2.75, 3.05) is 12.4 Å². The van der Waals surface area contributed by atoms with Gasteiger partial charge in [-0.05, 0) is 44.9 Å². The predicted octanol–water partition coefficient (Wildman–Crippen LogP) is 7.43. The van der Waals surface area contributed by atoms with Crippen LogP contribution in [-0.2, 0) is 24.8 Å². The average Bonchev–Trinajstić information content (AvgIpc) is 2.83. The molecule has 0 aromatic heterocycles. The number of thioether (sulfide) groups is 1. The van der Waals surface area contributed by atoms with E-state index in [9.17, 15) is 9.59 Å². The number of benzene rings is 2. The Morgan fingerprint density at radius 3 is 2.43 bits per heavy atom. The summed E-state index contributed by atoms with van der Waals surface area (Å²) in [6.45, 7) is 10.8. The summed E-state index contributed by atoms with van der Waals surface area (Å²) >= 11 is 14.7. The molecule has 0 saturated heterocycles. The van der Waals surface area contributed by atoms with Gasteiger partial charge in [-0.25, -0.2) is 4.79 Å². The molecular formula is C29H31Cl2NO4S. The summed E-state index contributed by atoms with van der Waals surface area (Å²) in [5.41, 5.74) is 2.29. The van der Waals surface area contributed by atoms with E-state index in [0.717, 1.165) is 11.3 Å². The van der Waals surface area contributed by atoms with Gasteiger partial charge in [0.2, 0.25) is 0 Å². The van der Waals surface area contributed by atoms with E-state index >= 15 is 0 Å². The van der Waals surface area contributed by atoms with Crippen LogP contribution in [0.25, 0.3) is 0 Å². The monoisotopic (exact) mass is 559 g/mol. The standard InChI is InChI=1S/C29H31Cl2NO4S/c1-6-15-35-27(33)23-18(2)32-22(17-37-16-19-11-8-7-9-12-19)25(28(34)36-29(3,4)5)24(23)20-13-10-14-21(30)26(20)31/h6-14,23-24H,1,15-17H2,2-5H3. The van der Waals surface area contributed by atoms with E-state index in [4.69, 9.17) is 37.7 Å². The Morgan fingerprint density at radius 2 is 1.78 bits per heavy atom. The Kier molecular flexibility index (Phi) is 10.0. The topological polar surface area (TPSA) is 65.0 Å². The van der Waals surface area contributed by atoms with Gasteiger partial charge in [-0.1, -0.05) is 78.3 Å². The summed E-state index contributed by atoms with van der Waals surface area (Å²) in [6.07, 6.45) is 1.49. The second-order valence-corrected chi connectivity index (χ2v) is 11.4. The van der Waals surface area contributed by atoms with Gasteiger partial charge in [0.05, 0.1) is 21.3 Å². The van der Waals surface area contributed by atoms with E-state index in [0.29, 0.717) is 27.7 Å². The molecule has 2 unspecified atom stereocenters. The van der Waals surface area contributed by atoms with Gasteiger partial charge < -0.3 is 9.47 Å². The third-order valence-electron chi connectivity index (χ3n) is 5.60. The number of hydrogen-bond acceptors (Lipinski definition) is 6. The fourth-order valence-electron chi connectivity index (χ4n) is 4.09. The highest BCUT2D eigenvalue weighted by atomic mass is 35.5. The van der Waals surface area contributed by atoms with Crippen molar-refractivity contribution in [3.05, 3.63) is 93.6 Å². The number of hydrogen-bond donors (Lipinski definition) is 0. The lowest BCUT2D eigenvalue weighted by Crippen LogP contribution is -2.38. The van der Waals surface area contributed by atoms with E-state index in [-0.39, 0.29) is 17.2 Å². The third-order valence-corrected chi connectivity index (χ3v) is 7.45. The lowest BCUT2D eigenvalue weighted by Gasteiger charge is -2.34. The molecule has 0 saturated carbocycles. The van der Waals surface area contributed by atoms with Gasteiger partial charge >= 0.3 is 11.9 Å². The van der Waals surface area contributed by atoms with Crippen LogP contribution in [-0.4, -0.2) is 35.6 Å². The molecule has 196 valence electrons. The first-order chi connectivity index (χ1) is 17.5. The maximum atomic E-state index is 13.7. The van der Waals surface area contributed by atoms with Crippen LogP contribution in [0.5, 0.6) is 0 Å². The van der Waals surface area contributed by atoms with Crippen molar-refractivity contribution in [1.82, 2.24) is 0 Å². The van der Waals surface area contributed by atoms with Gasteiger partial charge in [-0.2, -0.15) is 11.8 Å². The highest BCUT2D eigenvalue weighted by Gasteiger charge is 2.44. The van der Waals surface area contributed by atoms with Crippen molar-refractivity contribution < 1.29 is 19.1 Å². The van der Waals surface area contributed by atoms with Gasteiger partial charge in [0.15, 0.2) is 0 Å². The molecule has 1 heterocycles. The molecular weight excluding hydrogens is 529 g/mol. The lowest BCUT2D eigenvalue weighted by molar-refractivity contribution is -0.150. The van der Waals surface area contributed by atoms with E-state index in [1.807, 2.05) is 30.3 Å². The van der Waals surface area contributed by atoms with Crippen molar-refractivity contribution in [3.8, 4) is 0 Å². The zero-order chi connectivity index (χ0) is 27.2. The van der Waals surface area contributed by atoms with Gasteiger partial charge in [0.25, 0.3) is 0 Å². The Hall–Kier alpha value is -2.54. The molecule has 0 aliphatic carbocycles. The minimum atomic E-state index is -0.888. The summed E-state index contributed by atoms with van der Waals surface area (Å²) in [4.78, 5) is 31.8. The molecule has 1 aliphatic rings. The number of halogens is 2.